The molecule has 2 heterocycles. The van der Waals surface area contributed by atoms with Crippen LogP contribution in [0.25, 0.3) is 43.0 Å². The van der Waals surface area contributed by atoms with Gasteiger partial charge in [-0.15, -0.1) is 11.3 Å². The van der Waals surface area contributed by atoms with Gasteiger partial charge in [0.1, 0.15) is 5.01 Å². The van der Waals surface area contributed by atoms with Crippen LogP contribution in [-0.4, -0.2) is 36.1 Å². The number of hydrogen-bond donors (Lipinski definition) is 0. The van der Waals surface area contributed by atoms with E-state index in [9.17, 15) is 0 Å². The number of thiazole rings is 1. The Balaban J connectivity index is 1.15. The zero-order valence-electron chi connectivity index (χ0n) is 22.4. The number of anilines is 1. The van der Waals surface area contributed by atoms with Gasteiger partial charge in [-0.2, -0.15) is 0 Å². The fourth-order valence-electron chi connectivity index (χ4n) is 5.66. The van der Waals surface area contributed by atoms with Gasteiger partial charge in [0, 0.05) is 49.5 Å². The molecule has 0 spiro atoms. The molecule has 1 aliphatic rings. The summed E-state index contributed by atoms with van der Waals surface area (Å²) in [6.07, 6.45) is 0. The van der Waals surface area contributed by atoms with Gasteiger partial charge in [0.05, 0.1) is 10.6 Å². The van der Waals surface area contributed by atoms with Crippen molar-refractivity contribution in [3.8, 4) is 32.3 Å². The van der Waals surface area contributed by atoms with Gasteiger partial charge in [-0.25, -0.2) is 4.98 Å². The third kappa shape index (κ3) is 5.04. The van der Waals surface area contributed by atoms with E-state index >= 15 is 0 Å². The molecule has 4 heteroatoms. The van der Waals surface area contributed by atoms with Crippen LogP contribution in [0.2, 0.25) is 0 Å². The second-order valence-corrected chi connectivity index (χ2v) is 11.4. The van der Waals surface area contributed by atoms with Crippen LogP contribution in [0.15, 0.2) is 127 Å². The molecule has 1 aliphatic heterocycles. The Kier molecular flexibility index (Phi) is 6.86. The van der Waals surface area contributed by atoms with E-state index in [1.807, 2.05) is 0 Å². The lowest BCUT2D eigenvalue weighted by Gasteiger charge is -2.36. The third-order valence-electron chi connectivity index (χ3n) is 7.81. The second-order valence-electron chi connectivity index (χ2n) is 10.4. The van der Waals surface area contributed by atoms with E-state index in [0.29, 0.717) is 0 Å². The first-order valence-electron chi connectivity index (χ1n) is 14.0. The van der Waals surface area contributed by atoms with Crippen molar-refractivity contribution in [1.29, 1.82) is 0 Å². The van der Waals surface area contributed by atoms with Crippen LogP contribution < -0.4 is 4.90 Å². The molecule has 1 aromatic heterocycles. The summed E-state index contributed by atoms with van der Waals surface area (Å²) in [6, 6.07) is 45.6. The fourth-order valence-corrected chi connectivity index (χ4v) is 6.75. The van der Waals surface area contributed by atoms with Crippen molar-refractivity contribution in [2.24, 2.45) is 0 Å². The van der Waals surface area contributed by atoms with Crippen LogP contribution in [0, 0.1) is 0 Å². The predicted molar refractivity (Wildman–Crippen MR) is 170 cm³/mol. The van der Waals surface area contributed by atoms with E-state index in [2.05, 4.69) is 137 Å². The predicted octanol–water partition coefficient (Wildman–Crippen LogP) is 8.62. The average molecular weight is 538 g/mol. The molecule has 5 aromatic carbocycles. The van der Waals surface area contributed by atoms with Crippen molar-refractivity contribution in [2.75, 3.05) is 31.1 Å². The van der Waals surface area contributed by atoms with E-state index in [-0.39, 0.29) is 0 Å². The summed E-state index contributed by atoms with van der Waals surface area (Å²) in [5.41, 5.74) is 7.30. The van der Waals surface area contributed by atoms with Crippen LogP contribution in [0.4, 0.5) is 5.69 Å². The molecule has 0 unspecified atom stereocenters. The standard InChI is InChI=1S/C36H31N3S/c1-3-10-27(11-4-1)26-38-22-24-39(25-23-38)31-20-18-30(19-21-31)36-37-34(35(40-36)29-13-5-2-6-14-29)33-17-9-15-28-12-7-8-16-32(28)33/h1-21H,22-26H2. The molecule has 3 nitrogen and oxygen atoms in total. The topological polar surface area (TPSA) is 19.4 Å². The summed E-state index contributed by atoms with van der Waals surface area (Å²) < 4.78 is 0. The van der Waals surface area contributed by atoms with Crippen molar-refractivity contribution < 1.29 is 0 Å². The molecule has 6 aromatic rings. The van der Waals surface area contributed by atoms with Crippen molar-refractivity contribution >= 4 is 27.8 Å². The molecule has 0 saturated carbocycles. The van der Waals surface area contributed by atoms with Crippen LogP contribution >= 0.6 is 11.3 Å². The van der Waals surface area contributed by atoms with Crippen LogP contribution in [0.1, 0.15) is 5.56 Å². The first-order chi connectivity index (χ1) is 19.8. The van der Waals surface area contributed by atoms with Gasteiger partial charge in [-0.1, -0.05) is 103 Å². The molecule has 7 rings (SSSR count). The maximum Gasteiger partial charge on any atom is 0.124 e. The lowest BCUT2D eigenvalue weighted by Crippen LogP contribution is -2.45. The monoisotopic (exact) mass is 537 g/mol. The Bertz CT molecular complexity index is 1710. The molecule has 1 saturated heterocycles. The van der Waals surface area contributed by atoms with E-state index < -0.39 is 0 Å². The second kappa shape index (κ2) is 11.1. The van der Waals surface area contributed by atoms with Crippen molar-refractivity contribution in [3.63, 3.8) is 0 Å². The highest BCUT2D eigenvalue weighted by atomic mass is 32.1. The van der Waals surface area contributed by atoms with Gasteiger partial charge < -0.3 is 4.90 Å². The Morgan fingerprint density at radius 1 is 0.600 bits per heavy atom. The summed E-state index contributed by atoms with van der Waals surface area (Å²) >= 11 is 1.78. The van der Waals surface area contributed by atoms with E-state index in [0.717, 1.165) is 43.4 Å². The summed E-state index contributed by atoms with van der Waals surface area (Å²) in [5, 5.41) is 3.53. The lowest BCUT2D eigenvalue weighted by atomic mass is 10.00. The molecule has 0 bridgehead atoms. The SMILES string of the molecule is c1ccc(CN2CCN(c3ccc(-c4nc(-c5cccc6ccccc56)c(-c5ccccc5)s4)cc3)CC2)cc1. The number of fused-ring (bicyclic) bond motifs is 1. The number of nitrogens with zero attached hydrogens (tertiary/aromatic N) is 3. The molecule has 1 fully saturated rings. The number of benzene rings is 5. The molecular weight excluding hydrogens is 506 g/mol. The van der Waals surface area contributed by atoms with Crippen LogP contribution in [0.3, 0.4) is 0 Å². The van der Waals surface area contributed by atoms with Gasteiger partial charge in [0.2, 0.25) is 0 Å². The van der Waals surface area contributed by atoms with Crippen LogP contribution in [0.5, 0.6) is 0 Å². The van der Waals surface area contributed by atoms with Crippen molar-refractivity contribution in [1.82, 2.24) is 9.88 Å². The number of rotatable bonds is 6. The molecule has 0 amide bonds. The highest BCUT2D eigenvalue weighted by molar-refractivity contribution is 7.19. The van der Waals surface area contributed by atoms with Crippen molar-refractivity contribution in [2.45, 2.75) is 6.54 Å². The van der Waals surface area contributed by atoms with Crippen molar-refractivity contribution in [3.05, 3.63) is 133 Å². The lowest BCUT2D eigenvalue weighted by molar-refractivity contribution is 0.250. The maximum atomic E-state index is 5.27. The minimum Gasteiger partial charge on any atom is -0.369 e. The van der Waals surface area contributed by atoms with E-state index in [1.165, 1.54) is 43.6 Å². The Labute approximate surface area is 240 Å². The molecule has 40 heavy (non-hydrogen) atoms. The summed E-state index contributed by atoms with van der Waals surface area (Å²) in [5.74, 6) is 0. The van der Waals surface area contributed by atoms with E-state index in [1.54, 1.807) is 11.3 Å². The molecule has 0 atom stereocenters. The first-order valence-corrected chi connectivity index (χ1v) is 14.8. The van der Waals surface area contributed by atoms with Gasteiger partial charge in [0.25, 0.3) is 0 Å². The number of hydrogen-bond acceptors (Lipinski definition) is 4. The van der Waals surface area contributed by atoms with Gasteiger partial charge in [-0.05, 0) is 46.2 Å². The number of piperazine rings is 1. The summed E-state index contributed by atoms with van der Waals surface area (Å²) in [7, 11) is 0. The molecular formula is C36H31N3S. The summed E-state index contributed by atoms with van der Waals surface area (Å²) in [6.45, 7) is 5.29. The van der Waals surface area contributed by atoms with E-state index in [4.69, 9.17) is 4.98 Å². The minimum atomic E-state index is 1.03. The molecule has 196 valence electrons. The Morgan fingerprint density at radius 3 is 2.05 bits per heavy atom. The third-order valence-corrected chi connectivity index (χ3v) is 8.96. The zero-order chi connectivity index (χ0) is 26.7. The maximum absolute atomic E-state index is 5.27. The molecule has 0 radical (unpaired) electrons. The first kappa shape index (κ1) is 24.8. The Morgan fingerprint density at radius 2 is 1.27 bits per heavy atom. The van der Waals surface area contributed by atoms with Gasteiger partial charge >= 0.3 is 0 Å². The van der Waals surface area contributed by atoms with Crippen LogP contribution in [-0.2, 0) is 6.54 Å². The summed E-state index contributed by atoms with van der Waals surface area (Å²) in [4.78, 5) is 11.5. The average Bonchev–Trinajstić information content (AvgIpc) is 3.48. The quantitative estimate of drug-likeness (QED) is 0.212. The Hall–Kier alpha value is -4.25. The minimum absolute atomic E-state index is 1.03. The molecule has 0 N–H and O–H groups in total. The largest absolute Gasteiger partial charge is 0.369 e. The smallest absolute Gasteiger partial charge is 0.124 e. The van der Waals surface area contributed by atoms with Gasteiger partial charge in [0.15, 0.2) is 0 Å². The zero-order valence-corrected chi connectivity index (χ0v) is 23.2. The highest BCUT2D eigenvalue weighted by Crippen LogP contribution is 2.42. The molecule has 0 aliphatic carbocycles. The fraction of sp³-hybridized carbons (Fsp3) is 0.139. The number of aromatic nitrogens is 1. The van der Waals surface area contributed by atoms with Gasteiger partial charge in [-0.3, -0.25) is 4.90 Å². The highest BCUT2D eigenvalue weighted by Gasteiger charge is 2.20. The normalized spacial score (nSPS) is 14.1.